The van der Waals surface area contributed by atoms with E-state index in [1.54, 1.807) is 11.0 Å². The van der Waals surface area contributed by atoms with Crippen LogP contribution in [0, 0.1) is 0 Å². The monoisotopic (exact) mass is 471 g/mol. The summed E-state index contributed by atoms with van der Waals surface area (Å²) in [6.07, 6.45) is 2.12. The molecule has 2 atom stereocenters. The minimum Gasteiger partial charge on any atom is -0.382 e. The van der Waals surface area contributed by atoms with Gasteiger partial charge in [-0.2, -0.15) is 8.78 Å². The number of aryl methyl sites for hydroxylation is 1. The van der Waals surface area contributed by atoms with Crippen molar-refractivity contribution in [1.82, 2.24) is 25.5 Å². The third-order valence-electron chi connectivity index (χ3n) is 5.50. The molecular formula is C23H23F2N5O2S. The van der Waals surface area contributed by atoms with E-state index in [2.05, 4.69) is 20.6 Å². The van der Waals surface area contributed by atoms with E-state index in [-0.39, 0.29) is 16.8 Å². The predicted octanol–water partition coefficient (Wildman–Crippen LogP) is 4.05. The number of rotatable bonds is 9. The van der Waals surface area contributed by atoms with E-state index in [1.807, 2.05) is 24.3 Å². The molecular weight excluding hydrogens is 448 g/mol. The van der Waals surface area contributed by atoms with Crippen molar-refractivity contribution in [3.63, 3.8) is 0 Å². The smallest absolute Gasteiger partial charge is 0.302 e. The molecule has 7 nitrogen and oxygen atoms in total. The van der Waals surface area contributed by atoms with Gasteiger partial charge in [-0.05, 0) is 28.8 Å². The fourth-order valence-corrected chi connectivity index (χ4v) is 4.63. The minimum absolute atomic E-state index is 0.0814. The normalized spacial score (nSPS) is 17.7. The van der Waals surface area contributed by atoms with E-state index in [0.29, 0.717) is 18.1 Å². The lowest BCUT2D eigenvalue weighted by molar-refractivity contribution is -0.0929. The first kappa shape index (κ1) is 23.1. The Morgan fingerprint density at radius 1 is 1.21 bits per heavy atom. The number of aliphatic hydroxyl groups is 1. The van der Waals surface area contributed by atoms with Crippen LogP contribution in [-0.2, 0) is 12.3 Å². The number of hydrogen-bond acceptors (Lipinski definition) is 6. The number of carbonyl (C=O) groups is 1. The third-order valence-corrected chi connectivity index (χ3v) is 6.48. The zero-order chi connectivity index (χ0) is 23.3. The van der Waals surface area contributed by atoms with Crippen LogP contribution in [0.5, 0.6) is 0 Å². The summed E-state index contributed by atoms with van der Waals surface area (Å²) in [6, 6.07) is 14.7. The summed E-state index contributed by atoms with van der Waals surface area (Å²) in [5, 5.41) is 23.7. The number of aromatic amines is 1. The van der Waals surface area contributed by atoms with Crippen LogP contribution >= 0.6 is 11.8 Å². The fourth-order valence-electron chi connectivity index (χ4n) is 3.63. The maximum absolute atomic E-state index is 14.5. The molecule has 1 amide bonds. The van der Waals surface area contributed by atoms with Gasteiger partial charge in [0.2, 0.25) is 0 Å². The summed E-state index contributed by atoms with van der Waals surface area (Å²) in [5.74, 6) is -2.35. The average Bonchev–Trinajstić information content (AvgIpc) is 3.49. The maximum atomic E-state index is 14.5. The summed E-state index contributed by atoms with van der Waals surface area (Å²) in [5.41, 5.74) is 1.74. The molecule has 4 rings (SSSR count). The van der Waals surface area contributed by atoms with Crippen LogP contribution in [0.25, 0.3) is 11.4 Å². The molecule has 2 aromatic carbocycles. The minimum atomic E-state index is -3.41. The molecule has 3 aromatic rings. The van der Waals surface area contributed by atoms with Crippen molar-refractivity contribution >= 4 is 17.0 Å². The first-order chi connectivity index (χ1) is 15.9. The quantitative estimate of drug-likeness (QED) is 0.458. The van der Waals surface area contributed by atoms with Crippen LogP contribution in [0.2, 0.25) is 0 Å². The van der Waals surface area contributed by atoms with Crippen molar-refractivity contribution in [3.8, 4) is 11.4 Å². The zero-order valence-corrected chi connectivity index (χ0v) is 18.5. The molecule has 1 aromatic heterocycles. The molecule has 10 heteroatoms. The van der Waals surface area contributed by atoms with E-state index < -0.39 is 12.0 Å². The molecule has 1 fully saturated rings. The highest BCUT2D eigenvalue weighted by Crippen LogP contribution is 2.33. The van der Waals surface area contributed by atoms with Crippen LogP contribution in [-0.4, -0.2) is 60.3 Å². The number of alkyl halides is 2. The van der Waals surface area contributed by atoms with Gasteiger partial charge in [0.05, 0.1) is 6.04 Å². The van der Waals surface area contributed by atoms with Crippen molar-refractivity contribution in [3.05, 3.63) is 77.9 Å². The van der Waals surface area contributed by atoms with E-state index in [9.17, 15) is 18.7 Å². The Morgan fingerprint density at radius 2 is 1.97 bits per heavy atom. The lowest BCUT2D eigenvalue weighted by Crippen LogP contribution is -2.34. The predicted molar refractivity (Wildman–Crippen MR) is 122 cm³/mol. The first-order valence-corrected chi connectivity index (χ1v) is 11.5. The molecule has 2 unspecified atom stereocenters. The fraction of sp³-hybridized carbons (Fsp3) is 0.304. The summed E-state index contributed by atoms with van der Waals surface area (Å²) in [6.45, 7) is 0.500. The number of aromatic nitrogens is 4. The number of benzene rings is 2. The zero-order valence-electron chi connectivity index (χ0n) is 17.6. The molecule has 0 spiro atoms. The summed E-state index contributed by atoms with van der Waals surface area (Å²) in [7, 11) is 0. The first-order valence-electron chi connectivity index (χ1n) is 10.5. The second-order valence-electron chi connectivity index (χ2n) is 7.71. The van der Waals surface area contributed by atoms with Gasteiger partial charge in [0.15, 0.2) is 5.82 Å². The Kier molecular flexibility index (Phi) is 7.14. The number of aliphatic hydroxyl groups excluding tert-OH is 1. The summed E-state index contributed by atoms with van der Waals surface area (Å²) in [4.78, 5) is 14.0. The Labute approximate surface area is 193 Å². The number of thioether (sulfide) groups is 1. The van der Waals surface area contributed by atoms with Crippen molar-refractivity contribution < 1.29 is 18.7 Å². The van der Waals surface area contributed by atoms with Crippen molar-refractivity contribution in [1.29, 1.82) is 0 Å². The topological polar surface area (TPSA) is 95.0 Å². The molecule has 2 heterocycles. The number of nitrogens with zero attached hydrogens (tertiary/aromatic N) is 4. The van der Waals surface area contributed by atoms with Gasteiger partial charge in [-0.3, -0.25) is 4.79 Å². The van der Waals surface area contributed by atoms with Crippen LogP contribution in [0.15, 0.2) is 66.7 Å². The van der Waals surface area contributed by atoms with Gasteiger partial charge in [0.1, 0.15) is 6.10 Å². The van der Waals surface area contributed by atoms with Gasteiger partial charge in [-0.1, -0.05) is 78.5 Å². The largest absolute Gasteiger partial charge is 0.382 e. The van der Waals surface area contributed by atoms with E-state index >= 15 is 0 Å². The maximum Gasteiger partial charge on any atom is 0.302 e. The number of nitrogens with one attached hydrogen (secondary N) is 1. The molecule has 172 valence electrons. The summed E-state index contributed by atoms with van der Waals surface area (Å²) < 4.78 is 29.0. The lowest BCUT2D eigenvalue weighted by atomic mass is 10.0. The van der Waals surface area contributed by atoms with Gasteiger partial charge in [-0.25, -0.2) is 5.10 Å². The van der Waals surface area contributed by atoms with Crippen LogP contribution in [0.4, 0.5) is 13.6 Å². The van der Waals surface area contributed by atoms with Crippen molar-refractivity contribution in [2.75, 3.05) is 12.3 Å². The van der Waals surface area contributed by atoms with Crippen LogP contribution < -0.4 is 0 Å². The molecule has 1 saturated heterocycles. The van der Waals surface area contributed by atoms with Gasteiger partial charge in [-0.15, -0.1) is 5.10 Å². The number of tetrazole rings is 1. The van der Waals surface area contributed by atoms with E-state index in [0.717, 1.165) is 41.8 Å². The van der Waals surface area contributed by atoms with E-state index in [1.165, 1.54) is 30.3 Å². The molecule has 0 radical (unpaired) electrons. The molecule has 1 aliphatic heterocycles. The number of H-pyrrole nitrogens is 1. The highest BCUT2D eigenvalue weighted by molar-refractivity contribution is 8.13. The highest BCUT2D eigenvalue weighted by atomic mass is 32.2. The number of hydrogen-bond donors (Lipinski definition) is 2. The van der Waals surface area contributed by atoms with Gasteiger partial charge < -0.3 is 10.0 Å². The van der Waals surface area contributed by atoms with E-state index in [4.69, 9.17) is 0 Å². The standard InChI is InChI=1S/C23H23F2N5O2S/c24-23(25,18-6-2-1-3-7-18)20(31)13-12-19-15-33-22(32)30(19)14-4-5-16-8-10-17(11-9-16)21-26-28-29-27-21/h1-3,6-13,19-20,31H,4-5,14-15H2,(H,26,27,28,29)/b13-12+. The highest BCUT2D eigenvalue weighted by Gasteiger charge is 2.39. The second-order valence-corrected chi connectivity index (χ2v) is 8.68. The summed E-state index contributed by atoms with van der Waals surface area (Å²) >= 11 is 1.16. The molecule has 0 saturated carbocycles. The van der Waals surface area contributed by atoms with Gasteiger partial charge in [0, 0.05) is 23.4 Å². The average molecular weight is 472 g/mol. The van der Waals surface area contributed by atoms with Gasteiger partial charge >= 0.3 is 5.92 Å². The van der Waals surface area contributed by atoms with Crippen LogP contribution in [0.3, 0.4) is 0 Å². The molecule has 2 N–H and O–H groups in total. The Balaban J connectivity index is 1.32. The van der Waals surface area contributed by atoms with Crippen LogP contribution in [0.1, 0.15) is 17.5 Å². The number of halogens is 2. The van der Waals surface area contributed by atoms with Crippen molar-refractivity contribution in [2.24, 2.45) is 0 Å². The Bertz CT molecular complexity index is 1080. The Morgan fingerprint density at radius 3 is 2.67 bits per heavy atom. The molecule has 1 aliphatic rings. The lowest BCUT2D eigenvalue weighted by Gasteiger charge is -2.23. The number of carbonyl (C=O) groups excluding carboxylic acids is 1. The molecule has 0 aliphatic carbocycles. The SMILES string of the molecule is O=C1SCC(/C=C/C(O)C(F)(F)c2ccccc2)N1CCCc1ccc(-c2nnn[nH]2)cc1. The molecule has 33 heavy (non-hydrogen) atoms. The Hall–Kier alpha value is -3.11. The second kappa shape index (κ2) is 10.2. The number of amides is 1. The third kappa shape index (κ3) is 5.45. The van der Waals surface area contributed by atoms with Gasteiger partial charge in [0.25, 0.3) is 5.24 Å². The van der Waals surface area contributed by atoms with Crippen molar-refractivity contribution in [2.45, 2.75) is 30.9 Å². The molecule has 0 bridgehead atoms.